The van der Waals surface area contributed by atoms with Gasteiger partial charge in [0, 0.05) is 12.1 Å². The van der Waals surface area contributed by atoms with Crippen LogP contribution in [-0.2, 0) is 16.0 Å². The number of carboxylic acid groups (broad SMARTS) is 1. The van der Waals surface area contributed by atoms with E-state index < -0.39 is 23.7 Å². The highest BCUT2D eigenvalue weighted by Crippen LogP contribution is 2.13. The number of carboxylic acids is 1. The number of carbonyl (C=O) groups is 2. The van der Waals surface area contributed by atoms with Gasteiger partial charge < -0.3 is 15.2 Å². The summed E-state index contributed by atoms with van der Waals surface area (Å²) in [6, 6.07) is -1.06. The lowest BCUT2D eigenvalue weighted by Crippen LogP contribution is -2.44. The molecule has 0 fully saturated rings. The van der Waals surface area contributed by atoms with Crippen LogP contribution in [0.2, 0.25) is 0 Å². The van der Waals surface area contributed by atoms with E-state index in [-0.39, 0.29) is 6.42 Å². The molecule has 1 rings (SSSR count). The first-order valence-electron chi connectivity index (χ1n) is 6.33. The Bertz CT molecular complexity index is 483. The molecule has 0 bridgehead atoms. The van der Waals surface area contributed by atoms with Crippen LogP contribution in [0, 0.1) is 13.8 Å². The monoisotopic (exact) mass is 283 g/mol. The third-order valence-electron chi connectivity index (χ3n) is 2.68. The number of hydrogen-bond donors (Lipinski definition) is 3. The Hall–Kier alpha value is -2.05. The number of nitrogens with zero attached hydrogens (tertiary/aromatic N) is 1. The van der Waals surface area contributed by atoms with E-state index in [4.69, 9.17) is 4.74 Å². The van der Waals surface area contributed by atoms with E-state index >= 15 is 0 Å². The summed E-state index contributed by atoms with van der Waals surface area (Å²) in [5, 5.41) is 18.4. The molecule has 1 aromatic rings. The zero-order chi connectivity index (χ0) is 15.5. The molecule has 7 nitrogen and oxygen atoms in total. The fourth-order valence-electron chi connectivity index (χ4n) is 1.73. The molecule has 0 spiro atoms. The van der Waals surface area contributed by atoms with E-state index in [1.165, 1.54) is 0 Å². The maximum atomic E-state index is 11.7. The van der Waals surface area contributed by atoms with Crippen molar-refractivity contribution < 1.29 is 19.4 Å². The molecule has 1 unspecified atom stereocenters. The fraction of sp³-hybridized carbons (Fsp3) is 0.615. The van der Waals surface area contributed by atoms with Gasteiger partial charge in [0.2, 0.25) is 0 Å². The number of aromatic amines is 1. The number of aromatic nitrogens is 2. The third kappa shape index (κ3) is 4.56. The number of rotatable bonds is 4. The van der Waals surface area contributed by atoms with Crippen molar-refractivity contribution in [3.8, 4) is 0 Å². The molecule has 0 aliphatic carbocycles. The molecular formula is C13H21N3O4. The summed E-state index contributed by atoms with van der Waals surface area (Å²) < 4.78 is 5.06. The van der Waals surface area contributed by atoms with Gasteiger partial charge in [0.25, 0.3) is 0 Å². The first kappa shape index (κ1) is 16.0. The Morgan fingerprint density at radius 3 is 2.40 bits per heavy atom. The molecule has 1 heterocycles. The van der Waals surface area contributed by atoms with Gasteiger partial charge in [0.15, 0.2) is 0 Å². The fourth-order valence-corrected chi connectivity index (χ4v) is 1.73. The number of carbonyl (C=O) groups excluding carboxylic acids is 1. The Morgan fingerprint density at radius 1 is 1.40 bits per heavy atom. The Labute approximate surface area is 117 Å². The van der Waals surface area contributed by atoms with Crippen LogP contribution in [-0.4, -0.2) is 39.0 Å². The average Bonchev–Trinajstić information content (AvgIpc) is 2.56. The second-order valence-electron chi connectivity index (χ2n) is 5.65. The van der Waals surface area contributed by atoms with Crippen LogP contribution < -0.4 is 5.32 Å². The number of aliphatic carboxylic acids is 1. The summed E-state index contributed by atoms with van der Waals surface area (Å²) in [5.41, 5.74) is 1.63. The minimum absolute atomic E-state index is 0.155. The van der Waals surface area contributed by atoms with E-state index in [1.54, 1.807) is 27.7 Å². The number of nitrogens with one attached hydrogen (secondary N) is 2. The summed E-state index contributed by atoms with van der Waals surface area (Å²) in [6.45, 7) is 8.74. The largest absolute Gasteiger partial charge is 0.480 e. The Balaban J connectivity index is 2.76. The van der Waals surface area contributed by atoms with Crippen molar-refractivity contribution in [2.75, 3.05) is 0 Å². The first-order valence-corrected chi connectivity index (χ1v) is 6.33. The lowest BCUT2D eigenvalue weighted by Gasteiger charge is -2.22. The van der Waals surface area contributed by atoms with E-state index in [0.717, 1.165) is 17.0 Å². The molecule has 7 heteroatoms. The molecule has 1 atom stereocenters. The van der Waals surface area contributed by atoms with Crippen molar-refractivity contribution in [1.82, 2.24) is 15.5 Å². The lowest BCUT2D eigenvalue weighted by atomic mass is 10.0. The molecular weight excluding hydrogens is 262 g/mol. The first-order chi connectivity index (χ1) is 9.10. The van der Waals surface area contributed by atoms with Crippen molar-refractivity contribution in [2.24, 2.45) is 0 Å². The van der Waals surface area contributed by atoms with Crippen LogP contribution in [0.5, 0.6) is 0 Å². The van der Waals surface area contributed by atoms with Crippen LogP contribution in [0.3, 0.4) is 0 Å². The minimum Gasteiger partial charge on any atom is -0.480 e. The molecule has 0 aliphatic heterocycles. The van der Waals surface area contributed by atoms with Crippen LogP contribution in [0.15, 0.2) is 0 Å². The second kappa shape index (κ2) is 5.94. The molecule has 20 heavy (non-hydrogen) atoms. The van der Waals surface area contributed by atoms with Gasteiger partial charge in [-0.05, 0) is 40.2 Å². The van der Waals surface area contributed by atoms with Gasteiger partial charge in [-0.2, -0.15) is 5.10 Å². The Kier molecular flexibility index (Phi) is 4.75. The zero-order valence-electron chi connectivity index (χ0n) is 12.4. The highest BCUT2D eigenvalue weighted by Gasteiger charge is 2.25. The number of aryl methyl sites for hydroxylation is 2. The maximum absolute atomic E-state index is 11.7. The van der Waals surface area contributed by atoms with E-state index in [0.29, 0.717) is 0 Å². The van der Waals surface area contributed by atoms with Gasteiger partial charge in [-0.15, -0.1) is 0 Å². The number of hydrogen-bond acceptors (Lipinski definition) is 4. The van der Waals surface area contributed by atoms with Crippen molar-refractivity contribution in [1.29, 1.82) is 0 Å². The highest BCUT2D eigenvalue weighted by molar-refractivity contribution is 5.80. The number of ether oxygens (including phenoxy) is 1. The molecule has 1 amide bonds. The molecule has 0 aliphatic rings. The van der Waals surface area contributed by atoms with Crippen molar-refractivity contribution >= 4 is 12.1 Å². The predicted molar refractivity (Wildman–Crippen MR) is 72.6 cm³/mol. The molecule has 0 saturated heterocycles. The molecule has 112 valence electrons. The third-order valence-corrected chi connectivity index (χ3v) is 2.68. The van der Waals surface area contributed by atoms with Crippen LogP contribution >= 0.6 is 0 Å². The van der Waals surface area contributed by atoms with Gasteiger partial charge in [-0.1, -0.05) is 0 Å². The molecule has 0 saturated carbocycles. The number of alkyl carbamates (subject to hydrolysis) is 1. The normalized spacial score (nSPS) is 12.8. The van der Waals surface area contributed by atoms with E-state index in [1.807, 2.05) is 6.92 Å². The van der Waals surface area contributed by atoms with Crippen LogP contribution in [0.1, 0.15) is 37.7 Å². The van der Waals surface area contributed by atoms with Crippen LogP contribution in [0.25, 0.3) is 0 Å². The quantitative estimate of drug-likeness (QED) is 0.777. The summed E-state index contributed by atoms with van der Waals surface area (Å²) in [7, 11) is 0. The molecule has 0 aromatic carbocycles. The Morgan fingerprint density at radius 2 is 2.00 bits per heavy atom. The zero-order valence-corrected chi connectivity index (χ0v) is 12.4. The van der Waals surface area contributed by atoms with E-state index in [9.17, 15) is 14.7 Å². The second-order valence-corrected chi connectivity index (χ2v) is 5.65. The predicted octanol–water partition coefficient (Wildman–Crippen LogP) is 1.55. The van der Waals surface area contributed by atoms with Crippen molar-refractivity contribution in [3.05, 3.63) is 17.0 Å². The topological polar surface area (TPSA) is 104 Å². The number of H-pyrrole nitrogens is 1. The summed E-state index contributed by atoms with van der Waals surface area (Å²) in [5.74, 6) is -1.11. The maximum Gasteiger partial charge on any atom is 0.408 e. The van der Waals surface area contributed by atoms with Gasteiger partial charge >= 0.3 is 12.1 Å². The summed E-state index contributed by atoms with van der Waals surface area (Å²) >= 11 is 0. The summed E-state index contributed by atoms with van der Waals surface area (Å²) in [6.07, 6.45) is -0.591. The average molecular weight is 283 g/mol. The number of amides is 1. The van der Waals surface area contributed by atoms with Gasteiger partial charge in [0.1, 0.15) is 11.6 Å². The molecule has 0 radical (unpaired) electrons. The van der Waals surface area contributed by atoms with Gasteiger partial charge in [-0.3, -0.25) is 5.10 Å². The lowest BCUT2D eigenvalue weighted by molar-refractivity contribution is -0.139. The van der Waals surface area contributed by atoms with Gasteiger partial charge in [0.05, 0.1) is 5.69 Å². The van der Waals surface area contributed by atoms with Crippen molar-refractivity contribution in [3.63, 3.8) is 0 Å². The van der Waals surface area contributed by atoms with Crippen LogP contribution in [0.4, 0.5) is 4.79 Å². The van der Waals surface area contributed by atoms with E-state index in [2.05, 4.69) is 15.5 Å². The smallest absolute Gasteiger partial charge is 0.408 e. The molecule has 1 aromatic heterocycles. The van der Waals surface area contributed by atoms with Gasteiger partial charge in [-0.25, -0.2) is 9.59 Å². The standard InChI is InChI=1S/C13H21N3O4/c1-7-9(8(2)16-15-7)6-10(11(17)18)14-12(19)20-13(3,4)5/h10H,6H2,1-5H3,(H,14,19)(H,15,16)(H,17,18). The summed E-state index contributed by atoms with van der Waals surface area (Å²) in [4.78, 5) is 22.9. The minimum atomic E-state index is -1.11. The SMILES string of the molecule is Cc1n[nH]c(C)c1CC(NC(=O)OC(C)(C)C)C(=O)O. The highest BCUT2D eigenvalue weighted by atomic mass is 16.6. The van der Waals surface area contributed by atoms with Crippen molar-refractivity contribution in [2.45, 2.75) is 52.7 Å². The molecule has 3 N–H and O–H groups in total.